The van der Waals surface area contributed by atoms with E-state index in [1.54, 1.807) is 20.8 Å². The fraction of sp³-hybridized carbons (Fsp3) is 0.316. The zero-order valence-corrected chi connectivity index (χ0v) is 18.6. The summed E-state index contributed by atoms with van der Waals surface area (Å²) in [5.74, 6) is -0.473. The normalized spacial score (nSPS) is 11.0. The maximum absolute atomic E-state index is 13.2. The minimum absolute atomic E-state index is 0.0641. The summed E-state index contributed by atoms with van der Waals surface area (Å²) in [4.78, 5) is 30.8. The Bertz CT molecular complexity index is 899. The molecular formula is C19H19Cl3N2O5. The number of rotatable bonds is 4. The van der Waals surface area contributed by atoms with Crippen molar-refractivity contribution in [2.45, 2.75) is 26.4 Å². The lowest BCUT2D eigenvalue weighted by Crippen LogP contribution is -2.41. The van der Waals surface area contributed by atoms with Crippen molar-refractivity contribution >= 4 is 52.5 Å². The van der Waals surface area contributed by atoms with Crippen LogP contribution in [0.5, 0.6) is 11.5 Å². The molecule has 0 fully saturated rings. The number of carbonyl (C=O) groups is 2. The van der Waals surface area contributed by atoms with E-state index < -0.39 is 17.6 Å². The molecule has 7 nitrogen and oxygen atoms in total. The summed E-state index contributed by atoms with van der Waals surface area (Å²) in [5.41, 5.74) is -0.969. The number of anilines is 1. The first-order valence-corrected chi connectivity index (χ1v) is 9.42. The molecule has 10 heteroatoms. The van der Waals surface area contributed by atoms with Gasteiger partial charge in [0.1, 0.15) is 38.0 Å². The first kappa shape index (κ1) is 23.1. The Balaban J connectivity index is 2.72. The average Bonchev–Trinajstić information content (AvgIpc) is 2.64. The van der Waals surface area contributed by atoms with Crippen LogP contribution in [-0.4, -0.2) is 36.8 Å². The van der Waals surface area contributed by atoms with Gasteiger partial charge in [-0.2, -0.15) is 0 Å². The quantitative estimate of drug-likeness (QED) is 0.548. The monoisotopic (exact) mass is 460 g/mol. The van der Waals surface area contributed by atoms with E-state index in [1.807, 2.05) is 0 Å². The van der Waals surface area contributed by atoms with Gasteiger partial charge in [0.15, 0.2) is 0 Å². The Morgan fingerprint density at radius 2 is 1.55 bits per heavy atom. The van der Waals surface area contributed by atoms with Crippen LogP contribution in [0.25, 0.3) is 0 Å². The van der Waals surface area contributed by atoms with E-state index in [9.17, 15) is 9.59 Å². The summed E-state index contributed by atoms with van der Waals surface area (Å²) in [7, 11) is 2.75. The number of halogens is 3. The molecule has 0 N–H and O–H groups in total. The number of nitrogens with zero attached hydrogens (tertiary/aromatic N) is 2. The van der Waals surface area contributed by atoms with Gasteiger partial charge in [-0.1, -0.05) is 34.8 Å². The summed E-state index contributed by atoms with van der Waals surface area (Å²) < 4.78 is 15.8. The largest absolute Gasteiger partial charge is 0.495 e. The molecule has 0 bridgehead atoms. The van der Waals surface area contributed by atoms with E-state index in [-0.39, 0.29) is 37.9 Å². The first-order chi connectivity index (χ1) is 13.5. The van der Waals surface area contributed by atoms with Gasteiger partial charge in [0, 0.05) is 12.3 Å². The van der Waals surface area contributed by atoms with E-state index in [0.717, 1.165) is 0 Å². The molecule has 2 rings (SSSR count). The van der Waals surface area contributed by atoms with Crippen LogP contribution in [0.3, 0.4) is 0 Å². The third-order valence-electron chi connectivity index (χ3n) is 3.53. The van der Waals surface area contributed by atoms with Crippen molar-refractivity contribution in [2.24, 2.45) is 0 Å². The molecule has 0 atom stereocenters. The first-order valence-electron chi connectivity index (χ1n) is 8.29. The number of benzene rings is 1. The minimum atomic E-state index is -0.989. The molecule has 0 unspecified atom stereocenters. The van der Waals surface area contributed by atoms with Crippen LogP contribution in [0.1, 0.15) is 31.1 Å². The van der Waals surface area contributed by atoms with Crippen molar-refractivity contribution in [2.75, 3.05) is 19.1 Å². The molecule has 1 aromatic carbocycles. The van der Waals surface area contributed by atoms with Crippen LogP contribution in [0.2, 0.25) is 15.2 Å². The van der Waals surface area contributed by atoms with E-state index in [1.165, 1.54) is 38.6 Å². The van der Waals surface area contributed by atoms with Gasteiger partial charge in [-0.05, 0) is 32.9 Å². The topological polar surface area (TPSA) is 78.0 Å². The molecule has 0 radical (unpaired) electrons. The summed E-state index contributed by atoms with van der Waals surface area (Å²) in [5, 5.41) is 0.0448. The van der Waals surface area contributed by atoms with E-state index in [0.29, 0.717) is 4.90 Å². The SMILES string of the molecule is COc1cc(OC)c(Cl)c(N(C(=O)OC(C)(C)C)C(=O)c2ccc(Cl)nc2)c1Cl. The Labute approximate surface area is 183 Å². The van der Waals surface area contributed by atoms with Crippen LogP contribution in [-0.2, 0) is 4.74 Å². The van der Waals surface area contributed by atoms with Crippen molar-refractivity contribution in [1.29, 1.82) is 0 Å². The number of ether oxygens (including phenoxy) is 3. The highest BCUT2D eigenvalue weighted by molar-refractivity contribution is 6.43. The standard InChI is InChI=1S/C19H19Cl3N2O5/c1-19(2,3)29-18(26)24(17(25)10-6-7-13(20)23-9-10)16-14(21)11(27-4)8-12(28-5)15(16)22/h6-9H,1-5H3. The molecule has 2 amide bonds. The van der Waals surface area contributed by atoms with Gasteiger partial charge in [-0.15, -0.1) is 0 Å². The van der Waals surface area contributed by atoms with Crippen LogP contribution in [0.15, 0.2) is 24.4 Å². The Hall–Kier alpha value is -2.22. The van der Waals surface area contributed by atoms with Crippen molar-refractivity contribution in [3.05, 3.63) is 45.2 Å². The van der Waals surface area contributed by atoms with Crippen LogP contribution < -0.4 is 14.4 Å². The van der Waals surface area contributed by atoms with E-state index in [4.69, 9.17) is 49.0 Å². The van der Waals surface area contributed by atoms with Gasteiger partial charge in [0.2, 0.25) is 0 Å². The fourth-order valence-electron chi connectivity index (χ4n) is 2.28. The number of hydrogen-bond donors (Lipinski definition) is 0. The number of imide groups is 1. The molecule has 0 aliphatic heterocycles. The van der Waals surface area contributed by atoms with Crippen LogP contribution in [0, 0.1) is 0 Å². The molecule has 1 aromatic heterocycles. The summed E-state index contributed by atoms with van der Waals surface area (Å²) in [6, 6.07) is 4.27. The Kier molecular flexibility index (Phi) is 7.21. The van der Waals surface area contributed by atoms with Crippen LogP contribution >= 0.6 is 34.8 Å². The minimum Gasteiger partial charge on any atom is -0.495 e. The van der Waals surface area contributed by atoms with Crippen molar-refractivity contribution in [1.82, 2.24) is 4.98 Å². The molecule has 0 saturated carbocycles. The highest BCUT2D eigenvalue weighted by atomic mass is 35.5. The predicted octanol–water partition coefficient (Wildman–Crippen LogP) is 5.64. The second-order valence-electron chi connectivity index (χ2n) is 6.75. The van der Waals surface area contributed by atoms with E-state index in [2.05, 4.69) is 4.98 Å². The predicted molar refractivity (Wildman–Crippen MR) is 112 cm³/mol. The molecule has 1 heterocycles. The lowest BCUT2D eigenvalue weighted by atomic mass is 10.2. The summed E-state index contributed by atoms with van der Waals surface area (Å²) in [6.07, 6.45) is 0.234. The third-order valence-corrected chi connectivity index (χ3v) is 4.48. The van der Waals surface area contributed by atoms with Gasteiger partial charge in [0.25, 0.3) is 5.91 Å². The lowest BCUT2D eigenvalue weighted by molar-refractivity contribution is 0.0564. The summed E-state index contributed by atoms with van der Waals surface area (Å²) >= 11 is 18.6. The van der Waals surface area contributed by atoms with Gasteiger partial charge in [0.05, 0.1) is 19.8 Å². The Morgan fingerprint density at radius 3 is 1.97 bits per heavy atom. The molecule has 29 heavy (non-hydrogen) atoms. The molecule has 2 aromatic rings. The van der Waals surface area contributed by atoms with E-state index >= 15 is 0 Å². The smallest absolute Gasteiger partial charge is 0.422 e. The number of methoxy groups -OCH3 is 2. The fourth-order valence-corrected chi connectivity index (χ4v) is 3.07. The van der Waals surface area contributed by atoms with Gasteiger partial charge >= 0.3 is 6.09 Å². The molecular weight excluding hydrogens is 443 g/mol. The van der Waals surface area contributed by atoms with Crippen molar-refractivity contribution in [3.8, 4) is 11.5 Å². The average molecular weight is 462 g/mol. The van der Waals surface area contributed by atoms with Gasteiger partial charge < -0.3 is 14.2 Å². The highest BCUT2D eigenvalue weighted by Gasteiger charge is 2.35. The molecule has 0 spiro atoms. The maximum Gasteiger partial charge on any atom is 0.422 e. The summed E-state index contributed by atoms with van der Waals surface area (Å²) in [6.45, 7) is 4.98. The zero-order chi connectivity index (χ0) is 21.9. The lowest BCUT2D eigenvalue weighted by Gasteiger charge is -2.28. The Morgan fingerprint density at radius 1 is 1.00 bits per heavy atom. The van der Waals surface area contributed by atoms with Crippen molar-refractivity contribution in [3.63, 3.8) is 0 Å². The number of carbonyl (C=O) groups excluding carboxylic acids is 2. The molecule has 0 aliphatic rings. The van der Waals surface area contributed by atoms with Gasteiger partial charge in [-0.25, -0.2) is 14.7 Å². The second kappa shape index (κ2) is 9.07. The zero-order valence-electron chi connectivity index (χ0n) is 16.4. The molecule has 0 saturated heterocycles. The second-order valence-corrected chi connectivity index (χ2v) is 7.89. The van der Waals surface area contributed by atoms with Gasteiger partial charge in [-0.3, -0.25) is 4.79 Å². The number of amides is 2. The third kappa shape index (κ3) is 5.23. The maximum atomic E-state index is 13.2. The molecule has 0 aliphatic carbocycles. The molecule has 156 valence electrons. The number of aromatic nitrogens is 1. The number of hydrogen-bond acceptors (Lipinski definition) is 6. The van der Waals surface area contributed by atoms with Crippen LogP contribution in [0.4, 0.5) is 10.5 Å². The van der Waals surface area contributed by atoms with Crippen molar-refractivity contribution < 1.29 is 23.8 Å². The number of pyridine rings is 1. The highest BCUT2D eigenvalue weighted by Crippen LogP contribution is 2.46.